The molecule has 0 aliphatic carbocycles. The monoisotopic (exact) mass is 393 g/mol. The van der Waals surface area contributed by atoms with Gasteiger partial charge < -0.3 is 4.57 Å². The van der Waals surface area contributed by atoms with Crippen molar-refractivity contribution in [1.29, 1.82) is 0 Å². The van der Waals surface area contributed by atoms with E-state index in [2.05, 4.69) is 31.9 Å². The highest BCUT2D eigenvalue weighted by molar-refractivity contribution is 5.77. The van der Waals surface area contributed by atoms with E-state index in [9.17, 15) is 17.6 Å². The minimum atomic E-state index is -4.43. The molecule has 3 heterocycles. The van der Waals surface area contributed by atoms with E-state index >= 15 is 0 Å². The van der Waals surface area contributed by atoms with Gasteiger partial charge in [-0.15, -0.1) is 0 Å². The molecule has 4 rings (SSSR count). The van der Waals surface area contributed by atoms with Crippen LogP contribution >= 0.6 is 0 Å². The first-order chi connectivity index (χ1) is 13.4. The van der Waals surface area contributed by atoms with Gasteiger partial charge in [-0.3, -0.25) is 4.98 Å². The molecule has 1 aromatic carbocycles. The van der Waals surface area contributed by atoms with Crippen LogP contribution in [0.3, 0.4) is 0 Å². The van der Waals surface area contributed by atoms with Gasteiger partial charge in [-0.25, -0.2) is 20.2 Å². The molecule has 28 heavy (non-hydrogen) atoms. The van der Waals surface area contributed by atoms with E-state index in [-0.39, 0.29) is 17.6 Å². The summed E-state index contributed by atoms with van der Waals surface area (Å²) in [7, 11) is 0. The van der Waals surface area contributed by atoms with Crippen LogP contribution in [-0.4, -0.2) is 20.7 Å². The number of aromatic nitrogens is 3. The molecule has 0 radical (unpaired) electrons. The second-order valence-electron chi connectivity index (χ2n) is 6.14. The van der Waals surface area contributed by atoms with Crippen LogP contribution in [0.25, 0.3) is 22.6 Å². The Balaban J connectivity index is 1.80. The summed E-state index contributed by atoms with van der Waals surface area (Å²) in [5.74, 6) is -0.481. The van der Waals surface area contributed by atoms with Crippen molar-refractivity contribution in [3.63, 3.8) is 0 Å². The number of imidazole rings is 1. The number of alkyl halides is 3. The Morgan fingerprint density at radius 3 is 2.39 bits per heavy atom. The lowest BCUT2D eigenvalue weighted by Crippen LogP contribution is -2.33. The van der Waals surface area contributed by atoms with Gasteiger partial charge in [-0.05, 0) is 42.0 Å². The maximum absolute atomic E-state index is 13.3. The highest BCUT2D eigenvalue weighted by Crippen LogP contribution is 2.33. The van der Waals surface area contributed by atoms with Gasteiger partial charge in [0.25, 0.3) is 0 Å². The van der Waals surface area contributed by atoms with E-state index in [4.69, 9.17) is 0 Å². The number of rotatable bonds is 4. The molecule has 3 aromatic rings. The molecule has 0 unspecified atom stereocenters. The predicted molar refractivity (Wildman–Crippen MR) is 92.2 cm³/mol. The summed E-state index contributed by atoms with van der Waals surface area (Å²) in [5.41, 5.74) is 13.3. The number of hydrazine groups is 3. The quantitative estimate of drug-likeness (QED) is 0.510. The fourth-order valence-electron chi connectivity index (χ4n) is 2.97. The minimum absolute atomic E-state index is 0.213. The van der Waals surface area contributed by atoms with E-state index in [1.165, 1.54) is 24.3 Å². The molecular formula is C17H15F4N7. The zero-order valence-electron chi connectivity index (χ0n) is 14.3. The normalized spacial score (nSPS) is 15.3. The molecule has 146 valence electrons. The summed E-state index contributed by atoms with van der Waals surface area (Å²) < 4.78 is 53.4. The lowest BCUT2D eigenvalue weighted by atomic mass is 10.1. The predicted octanol–water partition coefficient (Wildman–Crippen LogP) is 2.43. The molecule has 11 heteroatoms. The number of nitrogens with one attached hydrogen (secondary N) is 4. The number of hydrogen-bond acceptors (Lipinski definition) is 6. The second kappa shape index (κ2) is 7.28. The first kappa shape index (κ1) is 18.5. The Morgan fingerprint density at radius 1 is 1.00 bits per heavy atom. The summed E-state index contributed by atoms with van der Waals surface area (Å²) in [6, 6.07) is 8.69. The van der Waals surface area contributed by atoms with Crippen LogP contribution in [0.4, 0.5) is 17.6 Å². The van der Waals surface area contributed by atoms with E-state index < -0.39 is 18.5 Å². The lowest BCUT2D eigenvalue weighted by molar-refractivity contribution is -0.140. The first-order valence-electron chi connectivity index (χ1n) is 8.26. The maximum Gasteiger partial charge on any atom is 0.406 e. The van der Waals surface area contributed by atoms with Crippen molar-refractivity contribution in [2.24, 2.45) is 0 Å². The van der Waals surface area contributed by atoms with Crippen molar-refractivity contribution in [3.8, 4) is 22.6 Å². The fraction of sp³-hybridized carbons (Fsp3) is 0.176. The molecule has 1 aliphatic rings. The van der Waals surface area contributed by atoms with Gasteiger partial charge in [0, 0.05) is 11.8 Å². The SMILES string of the molecule is Fc1ccc(-c2c(-c3cc(C4NNNN4)ccn3)ncn2CC(F)(F)F)cc1. The van der Waals surface area contributed by atoms with Crippen LogP contribution in [-0.2, 0) is 6.54 Å². The summed E-state index contributed by atoms with van der Waals surface area (Å²) >= 11 is 0. The highest BCUT2D eigenvalue weighted by atomic mass is 19.4. The highest BCUT2D eigenvalue weighted by Gasteiger charge is 2.30. The molecule has 7 nitrogen and oxygen atoms in total. The Bertz CT molecular complexity index is 962. The third-order valence-corrected chi connectivity index (χ3v) is 4.16. The molecule has 1 aliphatic heterocycles. The Hall–Kier alpha value is -2.86. The van der Waals surface area contributed by atoms with Crippen LogP contribution in [0.15, 0.2) is 48.9 Å². The van der Waals surface area contributed by atoms with Crippen molar-refractivity contribution < 1.29 is 17.6 Å². The van der Waals surface area contributed by atoms with E-state index in [0.717, 1.165) is 16.5 Å². The molecule has 0 spiro atoms. The van der Waals surface area contributed by atoms with Crippen molar-refractivity contribution in [3.05, 3.63) is 60.3 Å². The molecule has 0 bridgehead atoms. The van der Waals surface area contributed by atoms with Crippen molar-refractivity contribution in [2.45, 2.75) is 18.9 Å². The van der Waals surface area contributed by atoms with Gasteiger partial charge in [-0.1, -0.05) is 0 Å². The standard InChI is InChI=1S/C17H15F4N7/c18-12-3-1-10(2-4-12)15-14(23-9-28(15)8-17(19,20)21)13-7-11(5-6-22-13)16-24-26-27-25-16/h1-7,9,16,24-27H,8H2. The average molecular weight is 393 g/mol. The van der Waals surface area contributed by atoms with Crippen molar-refractivity contribution in [2.75, 3.05) is 0 Å². The van der Waals surface area contributed by atoms with E-state index in [1.54, 1.807) is 18.3 Å². The Labute approximate surface area is 156 Å². The number of nitrogens with zero attached hydrogens (tertiary/aromatic N) is 3. The molecule has 0 saturated carbocycles. The van der Waals surface area contributed by atoms with Gasteiger partial charge in [-0.2, -0.15) is 24.2 Å². The molecular weight excluding hydrogens is 378 g/mol. The lowest BCUT2D eigenvalue weighted by Gasteiger charge is -2.13. The van der Waals surface area contributed by atoms with Crippen molar-refractivity contribution >= 4 is 0 Å². The van der Waals surface area contributed by atoms with Gasteiger partial charge in [0.1, 0.15) is 24.2 Å². The number of benzene rings is 1. The Morgan fingerprint density at radius 2 is 1.71 bits per heavy atom. The van der Waals surface area contributed by atoms with Crippen LogP contribution in [0.1, 0.15) is 11.7 Å². The smallest absolute Gasteiger partial charge is 0.321 e. The van der Waals surface area contributed by atoms with Gasteiger partial charge >= 0.3 is 6.18 Å². The summed E-state index contributed by atoms with van der Waals surface area (Å²) in [6.45, 7) is -1.22. The summed E-state index contributed by atoms with van der Waals surface area (Å²) in [6.07, 6.45) is -2.04. The number of halogens is 4. The molecule has 2 aromatic heterocycles. The number of pyridine rings is 1. The van der Waals surface area contributed by atoms with Crippen LogP contribution < -0.4 is 21.9 Å². The summed E-state index contributed by atoms with van der Waals surface area (Å²) in [4.78, 5) is 8.44. The molecule has 4 N–H and O–H groups in total. The minimum Gasteiger partial charge on any atom is -0.321 e. The molecule has 1 fully saturated rings. The Kier molecular flexibility index (Phi) is 4.81. The maximum atomic E-state index is 13.3. The topological polar surface area (TPSA) is 78.8 Å². The van der Waals surface area contributed by atoms with E-state index in [0.29, 0.717) is 11.3 Å². The first-order valence-corrected chi connectivity index (χ1v) is 8.26. The molecule has 1 saturated heterocycles. The summed E-state index contributed by atoms with van der Waals surface area (Å²) in [5, 5.41) is 0. The average Bonchev–Trinajstić information content (AvgIpc) is 3.32. The van der Waals surface area contributed by atoms with Crippen LogP contribution in [0.5, 0.6) is 0 Å². The molecule has 0 atom stereocenters. The fourth-order valence-corrected chi connectivity index (χ4v) is 2.97. The number of hydrogen-bond donors (Lipinski definition) is 4. The van der Waals surface area contributed by atoms with Crippen LogP contribution in [0, 0.1) is 5.82 Å². The second-order valence-corrected chi connectivity index (χ2v) is 6.14. The zero-order chi connectivity index (χ0) is 19.7. The largest absolute Gasteiger partial charge is 0.406 e. The molecule has 0 amide bonds. The van der Waals surface area contributed by atoms with E-state index in [1.807, 2.05) is 0 Å². The van der Waals surface area contributed by atoms with Crippen LogP contribution in [0.2, 0.25) is 0 Å². The zero-order valence-corrected chi connectivity index (χ0v) is 14.3. The van der Waals surface area contributed by atoms with Gasteiger partial charge in [0.05, 0.1) is 17.7 Å². The third-order valence-electron chi connectivity index (χ3n) is 4.16. The van der Waals surface area contributed by atoms with Crippen molar-refractivity contribution in [1.82, 2.24) is 36.5 Å². The third kappa shape index (κ3) is 3.87. The van der Waals surface area contributed by atoms with Gasteiger partial charge in [0.15, 0.2) is 0 Å². The van der Waals surface area contributed by atoms with Gasteiger partial charge in [0.2, 0.25) is 0 Å².